The number of carboxylic acids is 1. The van der Waals surface area contributed by atoms with Gasteiger partial charge in [0.2, 0.25) is 0 Å². The van der Waals surface area contributed by atoms with E-state index in [-0.39, 0.29) is 29.9 Å². The maximum Gasteiger partial charge on any atom is 0.305 e. The monoisotopic (exact) mass is 352 g/mol. The summed E-state index contributed by atoms with van der Waals surface area (Å²) in [5.74, 6) is -0.0844. The zero-order valence-corrected chi connectivity index (χ0v) is 14.7. The zero-order valence-electron chi connectivity index (χ0n) is 14.7. The van der Waals surface area contributed by atoms with Crippen LogP contribution in [0.15, 0.2) is 35.9 Å². The van der Waals surface area contributed by atoms with Crippen LogP contribution in [0.2, 0.25) is 0 Å². The number of nitrogens with zero attached hydrogens (tertiary/aromatic N) is 1. The largest absolute Gasteiger partial charge is 0.481 e. The number of carboxylic acid groups (broad SMARTS) is 1. The van der Waals surface area contributed by atoms with Gasteiger partial charge in [0.15, 0.2) is 0 Å². The van der Waals surface area contributed by atoms with Crippen LogP contribution in [0, 0.1) is 11.8 Å². The third kappa shape index (κ3) is 1.75. The smallest absolute Gasteiger partial charge is 0.305 e. The molecule has 1 spiro atoms. The number of anilines is 1. The molecular weight excluding hydrogens is 328 g/mol. The summed E-state index contributed by atoms with van der Waals surface area (Å²) in [4.78, 5) is 14.2. The second-order valence-corrected chi connectivity index (χ2v) is 8.61. The van der Waals surface area contributed by atoms with Gasteiger partial charge in [-0.2, -0.15) is 0 Å². The van der Waals surface area contributed by atoms with Crippen LogP contribution in [0.25, 0.3) is 0 Å². The molecule has 6 atom stereocenters. The predicted molar refractivity (Wildman–Crippen MR) is 97.2 cm³/mol. The molecular formula is C21H24N2O3. The molecule has 26 heavy (non-hydrogen) atoms. The molecule has 4 heterocycles. The van der Waals surface area contributed by atoms with Crippen LogP contribution in [-0.2, 0) is 14.9 Å². The van der Waals surface area contributed by atoms with Gasteiger partial charge in [-0.1, -0.05) is 29.8 Å². The Morgan fingerprint density at radius 3 is 3.15 bits per heavy atom. The lowest BCUT2D eigenvalue weighted by molar-refractivity contribution is -0.142. The van der Waals surface area contributed by atoms with Gasteiger partial charge in [0.25, 0.3) is 0 Å². The van der Waals surface area contributed by atoms with E-state index in [4.69, 9.17) is 4.74 Å². The standard InChI is InChI=1S/C21H24N2O3/c24-18(25)10-16-19-13-9-17-21(6-7-23(17)11-12(13)5-8-26-16)14-3-1-2-4-15(14)22-20(19)21/h1-5,13,16-17,19-20,22H,6-11H2,(H,24,25)/t13-,16-,17+,19-,20-,21+/m0/s1. The Hall–Kier alpha value is -1.85. The topological polar surface area (TPSA) is 61.8 Å². The Balaban J connectivity index is 1.53. The zero-order chi connectivity index (χ0) is 17.5. The molecule has 2 bridgehead atoms. The highest BCUT2D eigenvalue weighted by Gasteiger charge is 2.66. The van der Waals surface area contributed by atoms with Crippen LogP contribution >= 0.6 is 0 Å². The molecule has 1 aromatic carbocycles. The number of piperidine rings is 1. The van der Waals surface area contributed by atoms with E-state index in [2.05, 4.69) is 40.6 Å². The first-order valence-electron chi connectivity index (χ1n) is 9.81. The van der Waals surface area contributed by atoms with Crippen molar-refractivity contribution in [1.82, 2.24) is 4.90 Å². The number of para-hydroxylation sites is 1. The van der Waals surface area contributed by atoms with Gasteiger partial charge in [-0.15, -0.1) is 0 Å². The van der Waals surface area contributed by atoms with Crippen molar-refractivity contribution < 1.29 is 14.6 Å². The van der Waals surface area contributed by atoms with Crippen LogP contribution in [0.4, 0.5) is 5.69 Å². The number of hydrogen-bond donors (Lipinski definition) is 2. The number of carbonyl (C=O) groups is 1. The number of benzene rings is 1. The maximum absolute atomic E-state index is 11.6. The third-order valence-electron chi connectivity index (χ3n) is 7.79. The van der Waals surface area contributed by atoms with Crippen molar-refractivity contribution in [3.8, 4) is 0 Å². The lowest BCUT2D eigenvalue weighted by atomic mass is 9.54. The summed E-state index contributed by atoms with van der Waals surface area (Å²) in [7, 11) is 0. The number of hydrogen-bond acceptors (Lipinski definition) is 4. The maximum atomic E-state index is 11.6. The van der Waals surface area contributed by atoms with E-state index in [1.807, 2.05) is 0 Å². The van der Waals surface area contributed by atoms with Crippen molar-refractivity contribution in [3.63, 3.8) is 0 Å². The molecule has 6 rings (SSSR count). The summed E-state index contributed by atoms with van der Waals surface area (Å²) in [6.45, 7) is 2.72. The number of nitrogens with one attached hydrogen (secondary N) is 1. The van der Waals surface area contributed by atoms with E-state index in [1.165, 1.54) is 16.8 Å². The lowest BCUT2D eigenvalue weighted by Crippen LogP contribution is -2.64. The minimum absolute atomic E-state index is 0.0985. The number of aliphatic carboxylic acids is 1. The van der Waals surface area contributed by atoms with E-state index in [0.717, 1.165) is 25.9 Å². The molecule has 136 valence electrons. The van der Waals surface area contributed by atoms with Gasteiger partial charge in [-0.3, -0.25) is 9.69 Å². The average Bonchev–Trinajstić information content (AvgIpc) is 3.11. The van der Waals surface area contributed by atoms with Crippen LogP contribution in [0.1, 0.15) is 24.8 Å². The second kappa shape index (κ2) is 5.11. The summed E-state index contributed by atoms with van der Waals surface area (Å²) >= 11 is 0. The molecule has 2 saturated heterocycles. The summed E-state index contributed by atoms with van der Waals surface area (Å²) < 4.78 is 6.13. The van der Waals surface area contributed by atoms with E-state index in [0.29, 0.717) is 18.6 Å². The van der Waals surface area contributed by atoms with Gasteiger partial charge in [0, 0.05) is 35.6 Å². The Morgan fingerprint density at radius 2 is 2.27 bits per heavy atom. The normalized spacial score (nSPS) is 42.3. The first kappa shape index (κ1) is 15.2. The molecule has 0 radical (unpaired) electrons. The van der Waals surface area contributed by atoms with Gasteiger partial charge >= 0.3 is 5.97 Å². The average molecular weight is 352 g/mol. The van der Waals surface area contributed by atoms with Crippen molar-refractivity contribution in [1.29, 1.82) is 0 Å². The summed E-state index contributed by atoms with van der Waals surface area (Å²) in [6, 6.07) is 9.56. The Morgan fingerprint density at radius 1 is 1.38 bits per heavy atom. The number of ether oxygens (including phenoxy) is 1. The summed E-state index contributed by atoms with van der Waals surface area (Å²) in [5.41, 5.74) is 4.28. The molecule has 5 aliphatic rings. The van der Waals surface area contributed by atoms with Gasteiger partial charge in [-0.25, -0.2) is 0 Å². The molecule has 1 aliphatic carbocycles. The highest BCUT2D eigenvalue weighted by Crippen LogP contribution is 2.62. The van der Waals surface area contributed by atoms with E-state index in [1.54, 1.807) is 0 Å². The Bertz CT molecular complexity index is 821. The molecule has 0 amide bonds. The first-order valence-corrected chi connectivity index (χ1v) is 9.81. The molecule has 2 N–H and O–H groups in total. The number of fused-ring (bicyclic) bond motifs is 2. The SMILES string of the molecule is O=C(O)C[C@@H]1OCC=C2CN3CC[C@]45c6ccccc6N[C@H]4[C@H]1[C@H]2C[C@@H]35. The highest BCUT2D eigenvalue weighted by molar-refractivity contribution is 5.68. The van der Waals surface area contributed by atoms with Gasteiger partial charge < -0.3 is 15.2 Å². The molecule has 0 unspecified atom stereocenters. The van der Waals surface area contributed by atoms with Crippen molar-refractivity contribution in [2.45, 2.75) is 42.9 Å². The molecule has 1 aromatic rings. The van der Waals surface area contributed by atoms with E-state index >= 15 is 0 Å². The van der Waals surface area contributed by atoms with E-state index < -0.39 is 5.97 Å². The third-order valence-corrected chi connectivity index (χ3v) is 7.79. The molecule has 3 fully saturated rings. The minimum atomic E-state index is -0.756. The minimum Gasteiger partial charge on any atom is -0.481 e. The number of rotatable bonds is 2. The summed E-state index contributed by atoms with van der Waals surface area (Å²) in [5, 5.41) is 13.3. The fourth-order valence-electron chi connectivity index (χ4n) is 6.95. The second-order valence-electron chi connectivity index (χ2n) is 8.61. The van der Waals surface area contributed by atoms with Crippen molar-refractivity contribution in [2.24, 2.45) is 11.8 Å². The van der Waals surface area contributed by atoms with E-state index in [9.17, 15) is 9.90 Å². The molecule has 5 heteroatoms. The van der Waals surface area contributed by atoms with Crippen molar-refractivity contribution in [3.05, 3.63) is 41.5 Å². The predicted octanol–water partition coefficient (Wildman–Crippen LogP) is 2.24. The lowest BCUT2D eigenvalue weighted by Gasteiger charge is -2.55. The van der Waals surface area contributed by atoms with Gasteiger partial charge in [0.1, 0.15) is 0 Å². The first-order chi connectivity index (χ1) is 12.7. The van der Waals surface area contributed by atoms with Crippen LogP contribution < -0.4 is 5.32 Å². The van der Waals surface area contributed by atoms with Gasteiger partial charge in [-0.05, 0) is 36.9 Å². The Labute approximate surface area is 153 Å². The highest BCUT2D eigenvalue weighted by atomic mass is 16.5. The summed E-state index contributed by atoms with van der Waals surface area (Å²) in [6.07, 6.45) is 4.42. The fraction of sp³-hybridized carbons (Fsp3) is 0.571. The Kier molecular flexibility index (Phi) is 2.99. The molecule has 1 saturated carbocycles. The van der Waals surface area contributed by atoms with Crippen molar-refractivity contribution >= 4 is 11.7 Å². The quantitative estimate of drug-likeness (QED) is 0.800. The fourth-order valence-corrected chi connectivity index (χ4v) is 6.95. The van der Waals surface area contributed by atoms with Crippen molar-refractivity contribution in [2.75, 3.05) is 25.0 Å². The van der Waals surface area contributed by atoms with Crippen LogP contribution in [-0.4, -0.2) is 53.9 Å². The van der Waals surface area contributed by atoms with Gasteiger partial charge in [0.05, 0.1) is 19.1 Å². The van der Waals surface area contributed by atoms with Crippen LogP contribution in [0.5, 0.6) is 0 Å². The molecule has 5 nitrogen and oxygen atoms in total. The molecule has 0 aromatic heterocycles. The molecule has 4 aliphatic heterocycles. The van der Waals surface area contributed by atoms with Crippen LogP contribution in [0.3, 0.4) is 0 Å².